The second-order valence-corrected chi connectivity index (χ2v) is 7.82. The summed E-state index contributed by atoms with van der Waals surface area (Å²) < 4.78 is 29.6. The third-order valence-corrected chi connectivity index (χ3v) is 5.48. The molecule has 0 radical (unpaired) electrons. The molecule has 33 heavy (non-hydrogen) atoms. The molecule has 2 aliphatic heterocycles. The number of hydrogen-bond acceptors (Lipinski definition) is 6. The minimum absolute atomic E-state index is 0.0755. The molecule has 0 saturated carbocycles. The average Bonchev–Trinajstić information content (AvgIpc) is 3.48. The quantitative estimate of drug-likeness (QED) is 0.471. The molecule has 0 spiro atoms. The summed E-state index contributed by atoms with van der Waals surface area (Å²) in [6.45, 7) is 0.768. The molecule has 6 nitrogen and oxygen atoms in total. The normalized spacial score (nSPS) is 22.3. The number of esters is 1. The van der Waals surface area contributed by atoms with Crippen molar-refractivity contribution in [3.05, 3.63) is 119 Å². The molecule has 5 rings (SSSR count). The number of benzene rings is 3. The van der Waals surface area contributed by atoms with Crippen molar-refractivity contribution >= 4 is 5.97 Å². The molecular weight excluding hydrogens is 420 g/mol. The summed E-state index contributed by atoms with van der Waals surface area (Å²) in [4.78, 5) is 12.8. The molecule has 1 fully saturated rings. The van der Waals surface area contributed by atoms with Crippen molar-refractivity contribution in [2.75, 3.05) is 6.61 Å². The van der Waals surface area contributed by atoms with Gasteiger partial charge in [0, 0.05) is 5.56 Å². The van der Waals surface area contributed by atoms with Crippen LogP contribution < -0.4 is 0 Å². The monoisotopic (exact) mass is 444 g/mol. The number of cyclic esters (lactones) is 1. The Bertz CT molecular complexity index is 1100. The van der Waals surface area contributed by atoms with E-state index in [9.17, 15) is 4.79 Å². The van der Waals surface area contributed by atoms with Gasteiger partial charge >= 0.3 is 5.97 Å². The summed E-state index contributed by atoms with van der Waals surface area (Å²) in [5.74, 6) is -0.153. The lowest BCUT2D eigenvalue weighted by Gasteiger charge is -2.20. The molecule has 0 aromatic heterocycles. The second-order valence-electron chi connectivity index (χ2n) is 7.82. The summed E-state index contributed by atoms with van der Waals surface area (Å²) in [7, 11) is 0. The van der Waals surface area contributed by atoms with Gasteiger partial charge in [0.05, 0.1) is 6.61 Å². The topological polar surface area (TPSA) is 63.2 Å². The van der Waals surface area contributed by atoms with Gasteiger partial charge in [-0.2, -0.15) is 0 Å². The SMILES string of the molecule is O=C1O[C@@H]([C@H]2CO[C@@H](c3ccccc3)O2)C(OCc2ccccc2)=C1OCc1ccccc1. The number of hydrogen-bond donors (Lipinski definition) is 0. The van der Waals surface area contributed by atoms with Gasteiger partial charge < -0.3 is 23.7 Å². The molecule has 2 aliphatic rings. The van der Waals surface area contributed by atoms with Crippen LogP contribution in [0.25, 0.3) is 0 Å². The van der Waals surface area contributed by atoms with Crippen LogP contribution in [0.15, 0.2) is 103 Å². The van der Waals surface area contributed by atoms with Gasteiger partial charge in [0.2, 0.25) is 5.76 Å². The van der Waals surface area contributed by atoms with Crippen molar-refractivity contribution in [2.24, 2.45) is 0 Å². The van der Waals surface area contributed by atoms with Gasteiger partial charge in [0.1, 0.15) is 19.3 Å². The summed E-state index contributed by atoms with van der Waals surface area (Å²) in [6.07, 6.45) is -1.79. The van der Waals surface area contributed by atoms with E-state index in [-0.39, 0.29) is 25.6 Å². The van der Waals surface area contributed by atoms with Gasteiger partial charge in [-0.05, 0) is 11.1 Å². The minimum atomic E-state index is -0.749. The van der Waals surface area contributed by atoms with Crippen LogP contribution >= 0.6 is 0 Å². The fraction of sp³-hybridized carbons (Fsp3) is 0.222. The van der Waals surface area contributed by atoms with Gasteiger partial charge in [-0.15, -0.1) is 0 Å². The molecule has 6 heteroatoms. The lowest BCUT2D eigenvalue weighted by molar-refractivity contribution is -0.150. The minimum Gasteiger partial charge on any atom is -0.485 e. The van der Waals surface area contributed by atoms with E-state index in [0.717, 1.165) is 16.7 Å². The second kappa shape index (κ2) is 9.90. The molecule has 0 bridgehead atoms. The Hall–Kier alpha value is -3.61. The fourth-order valence-electron chi connectivity index (χ4n) is 3.80. The number of rotatable bonds is 8. The van der Waals surface area contributed by atoms with Crippen LogP contribution in [0.2, 0.25) is 0 Å². The Kier molecular flexibility index (Phi) is 6.37. The van der Waals surface area contributed by atoms with Gasteiger partial charge in [-0.25, -0.2) is 4.79 Å². The van der Waals surface area contributed by atoms with Crippen molar-refractivity contribution in [2.45, 2.75) is 31.7 Å². The van der Waals surface area contributed by atoms with Gasteiger partial charge in [-0.1, -0.05) is 91.0 Å². The Balaban J connectivity index is 1.36. The third kappa shape index (κ3) is 4.92. The summed E-state index contributed by atoms with van der Waals surface area (Å²) >= 11 is 0. The molecule has 0 amide bonds. The maximum Gasteiger partial charge on any atom is 0.378 e. The zero-order chi connectivity index (χ0) is 22.5. The van der Waals surface area contributed by atoms with Crippen molar-refractivity contribution in [3.63, 3.8) is 0 Å². The average molecular weight is 444 g/mol. The van der Waals surface area contributed by atoms with Gasteiger partial charge in [0.25, 0.3) is 0 Å². The van der Waals surface area contributed by atoms with Crippen LogP contribution in [0.5, 0.6) is 0 Å². The van der Waals surface area contributed by atoms with Crippen molar-refractivity contribution in [1.29, 1.82) is 0 Å². The van der Waals surface area contributed by atoms with E-state index in [1.54, 1.807) is 0 Å². The van der Waals surface area contributed by atoms with Crippen LogP contribution in [0.1, 0.15) is 23.0 Å². The number of ether oxygens (including phenoxy) is 5. The highest BCUT2D eigenvalue weighted by atomic mass is 16.7. The Morgan fingerprint density at radius 1 is 0.758 bits per heavy atom. The van der Waals surface area contributed by atoms with Crippen LogP contribution in [-0.2, 0) is 41.7 Å². The molecule has 3 aromatic carbocycles. The molecular formula is C27H24O6. The highest BCUT2D eigenvalue weighted by molar-refractivity contribution is 5.89. The van der Waals surface area contributed by atoms with E-state index in [0.29, 0.717) is 5.76 Å². The third-order valence-electron chi connectivity index (χ3n) is 5.48. The zero-order valence-electron chi connectivity index (χ0n) is 18.0. The van der Waals surface area contributed by atoms with E-state index >= 15 is 0 Å². The Morgan fingerprint density at radius 3 is 1.97 bits per heavy atom. The molecule has 3 aromatic rings. The predicted octanol–water partition coefficient (Wildman–Crippen LogP) is 4.67. The maximum absolute atomic E-state index is 12.8. The van der Waals surface area contributed by atoms with Crippen molar-refractivity contribution in [3.8, 4) is 0 Å². The molecule has 3 atom stereocenters. The smallest absolute Gasteiger partial charge is 0.378 e. The molecule has 0 N–H and O–H groups in total. The predicted molar refractivity (Wildman–Crippen MR) is 119 cm³/mol. The standard InChI is InChI=1S/C27H24O6/c28-26-25(30-17-20-12-6-2-7-13-20)24(29-16-19-10-4-1-5-11-19)23(33-26)22-18-31-27(32-22)21-14-8-3-9-15-21/h1-15,22-23,27H,16-18H2/t22-,23+,27-/m1/s1. The van der Waals surface area contributed by atoms with Crippen molar-refractivity contribution < 1.29 is 28.5 Å². The van der Waals surface area contributed by atoms with Crippen LogP contribution in [0, 0.1) is 0 Å². The summed E-state index contributed by atoms with van der Waals surface area (Å²) in [5.41, 5.74) is 2.81. The first-order valence-electron chi connectivity index (χ1n) is 10.9. The molecule has 0 unspecified atom stereocenters. The van der Waals surface area contributed by atoms with E-state index in [2.05, 4.69) is 0 Å². The van der Waals surface area contributed by atoms with E-state index in [1.807, 2.05) is 91.0 Å². The highest BCUT2D eigenvalue weighted by Crippen LogP contribution is 2.36. The Morgan fingerprint density at radius 2 is 1.33 bits per heavy atom. The largest absolute Gasteiger partial charge is 0.485 e. The zero-order valence-corrected chi connectivity index (χ0v) is 18.0. The van der Waals surface area contributed by atoms with Crippen LogP contribution in [0.4, 0.5) is 0 Å². The van der Waals surface area contributed by atoms with Crippen LogP contribution in [-0.4, -0.2) is 24.8 Å². The first-order chi connectivity index (χ1) is 16.3. The van der Waals surface area contributed by atoms with Gasteiger partial charge in [-0.3, -0.25) is 0 Å². The maximum atomic E-state index is 12.8. The Labute approximate surface area is 192 Å². The molecule has 1 saturated heterocycles. The summed E-state index contributed by atoms with van der Waals surface area (Å²) in [6, 6.07) is 29.0. The summed E-state index contributed by atoms with van der Waals surface area (Å²) in [5, 5.41) is 0. The van der Waals surface area contributed by atoms with E-state index in [4.69, 9.17) is 23.7 Å². The van der Waals surface area contributed by atoms with Gasteiger partial charge in [0.15, 0.2) is 18.2 Å². The first kappa shape index (κ1) is 21.2. The highest BCUT2D eigenvalue weighted by Gasteiger charge is 2.46. The number of carbonyl (C=O) groups is 1. The van der Waals surface area contributed by atoms with E-state index in [1.165, 1.54) is 0 Å². The lowest BCUT2D eigenvalue weighted by Crippen LogP contribution is -2.31. The molecule has 0 aliphatic carbocycles. The molecule has 168 valence electrons. The fourth-order valence-corrected chi connectivity index (χ4v) is 3.80. The van der Waals surface area contributed by atoms with Crippen molar-refractivity contribution in [1.82, 2.24) is 0 Å². The lowest BCUT2D eigenvalue weighted by atomic mass is 10.1. The molecule has 2 heterocycles. The van der Waals surface area contributed by atoms with E-state index < -0.39 is 24.5 Å². The first-order valence-corrected chi connectivity index (χ1v) is 10.9. The number of carbonyl (C=O) groups excluding carboxylic acids is 1. The van der Waals surface area contributed by atoms with Crippen LogP contribution in [0.3, 0.4) is 0 Å².